The van der Waals surface area contributed by atoms with Gasteiger partial charge >= 0.3 is 5.97 Å². The van der Waals surface area contributed by atoms with Gasteiger partial charge in [0.1, 0.15) is 40.4 Å². The van der Waals surface area contributed by atoms with E-state index in [-0.39, 0.29) is 40.8 Å². The van der Waals surface area contributed by atoms with Crippen LogP contribution < -0.4 is 29.8 Å². The first-order valence-corrected chi connectivity index (χ1v) is 15.6. The molecule has 2 aromatic heterocycles. The fourth-order valence-corrected chi connectivity index (χ4v) is 7.94. The summed E-state index contributed by atoms with van der Waals surface area (Å²) in [6, 6.07) is 13.5. The summed E-state index contributed by atoms with van der Waals surface area (Å²) in [5.41, 5.74) is 1.21. The smallest absolute Gasteiger partial charge is 0.351 e. The van der Waals surface area contributed by atoms with Crippen LogP contribution in [0.25, 0.3) is 11.6 Å². The molecular formula is C33H29NO8S2. The highest BCUT2D eigenvalue weighted by Gasteiger charge is 2.42. The number of benzene rings is 2. The number of fused-ring (bicyclic) bond motifs is 3. The highest BCUT2D eigenvalue weighted by atomic mass is 32.1. The Labute approximate surface area is 261 Å². The maximum atomic E-state index is 13.5. The molecule has 2 saturated carbocycles. The second-order valence-corrected chi connectivity index (χ2v) is 13.0. The zero-order valence-electron chi connectivity index (χ0n) is 24.0. The quantitative estimate of drug-likeness (QED) is 0.165. The Hall–Kier alpha value is -4.35. The first-order chi connectivity index (χ1) is 21.3. The van der Waals surface area contributed by atoms with E-state index in [0.29, 0.717) is 43.3 Å². The number of thiazole rings is 1. The molecule has 3 unspecified atom stereocenters. The molecule has 2 aliphatic carbocycles. The minimum atomic E-state index is -0.804. The average molecular weight is 632 g/mol. The molecule has 3 aliphatic rings. The predicted molar refractivity (Wildman–Crippen MR) is 165 cm³/mol. The van der Waals surface area contributed by atoms with Crippen LogP contribution >= 0.6 is 23.6 Å². The first kappa shape index (κ1) is 28.4. The number of carbonyl (C=O) groups excluding carboxylic acids is 2. The van der Waals surface area contributed by atoms with Crippen LogP contribution in [-0.2, 0) is 11.4 Å². The van der Waals surface area contributed by atoms with Gasteiger partial charge < -0.3 is 28.5 Å². The number of hydrogen-bond donors (Lipinski definition) is 1. The maximum absolute atomic E-state index is 13.5. The van der Waals surface area contributed by atoms with Crippen LogP contribution in [0.15, 0.2) is 52.9 Å². The molecule has 3 heterocycles. The number of furan rings is 1. The van der Waals surface area contributed by atoms with E-state index in [1.807, 2.05) is 16.7 Å². The van der Waals surface area contributed by atoms with Crippen molar-refractivity contribution in [2.75, 3.05) is 14.2 Å². The molecule has 2 aromatic carbocycles. The zero-order chi connectivity index (χ0) is 30.5. The topological polar surface area (TPSA) is 109 Å². The lowest BCUT2D eigenvalue weighted by Crippen LogP contribution is -2.29. The van der Waals surface area contributed by atoms with Crippen LogP contribution in [0.5, 0.6) is 28.9 Å². The Morgan fingerprint density at radius 2 is 1.82 bits per heavy atom. The molecular weight excluding hydrogens is 602 g/mol. The number of ketones is 1. The normalized spacial score (nSPS) is 22.2. The van der Waals surface area contributed by atoms with Crippen molar-refractivity contribution in [1.82, 2.24) is 4.57 Å². The summed E-state index contributed by atoms with van der Waals surface area (Å²) in [6.45, 7) is 0.192. The van der Waals surface area contributed by atoms with Gasteiger partial charge in [0, 0.05) is 18.2 Å². The van der Waals surface area contributed by atoms with Gasteiger partial charge in [-0.3, -0.25) is 9.36 Å². The lowest BCUT2D eigenvalue weighted by molar-refractivity contribution is -0.128. The number of rotatable bonds is 7. The summed E-state index contributed by atoms with van der Waals surface area (Å²) in [6.07, 6.45) is 6.34. The molecule has 11 heteroatoms. The number of aromatic hydroxyl groups is 1. The molecule has 0 saturated heterocycles. The molecule has 1 aliphatic heterocycles. The number of hydrogen-bond acceptors (Lipinski definition) is 10. The molecule has 2 fully saturated rings. The van der Waals surface area contributed by atoms with E-state index < -0.39 is 11.8 Å². The Kier molecular flexibility index (Phi) is 7.30. The van der Waals surface area contributed by atoms with Gasteiger partial charge in [0.2, 0.25) is 11.7 Å². The molecule has 3 atom stereocenters. The van der Waals surface area contributed by atoms with E-state index in [1.54, 1.807) is 50.6 Å². The SMILES string of the molecule is COc1cc(COc2ccc3c(c2)C(=O)C(=c2ccc(=Cc4sc(=S)n(C5CC6CCC5C6)c4O)o2)C(=O)O3)cc(OC)c1. The Balaban J connectivity index is 1.16. The summed E-state index contributed by atoms with van der Waals surface area (Å²) in [4.78, 5) is 27.0. The fourth-order valence-electron chi connectivity index (χ4n) is 6.57. The largest absolute Gasteiger partial charge is 0.497 e. The van der Waals surface area contributed by atoms with E-state index in [0.717, 1.165) is 12.0 Å². The average Bonchev–Trinajstić information content (AvgIpc) is 3.82. The van der Waals surface area contributed by atoms with Gasteiger partial charge in [-0.2, -0.15) is 0 Å². The number of aromatic nitrogens is 1. The first-order valence-electron chi connectivity index (χ1n) is 14.3. The molecule has 4 aromatic rings. The van der Waals surface area contributed by atoms with Gasteiger partial charge in [0.05, 0.1) is 24.7 Å². The van der Waals surface area contributed by atoms with Gasteiger partial charge in [-0.25, -0.2) is 4.79 Å². The number of ether oxygens (including phenoxy) is 4. The van der Waals surface area contributed by atoms with Crippen molar-refractivity contribution in [3.63, 3.8) is 0 Å². The second-order valence-electron chi connectivity index (χ2n) is 11.3. The predicted octanol–water partition coefficient (Wildman–Crippen LogP) is 5.32. The van der Waals surface area contributed by atoms with Gasteiger partial charge in [0.15, 0.2) is 9.53 Å². The third-order valence-electron chi connectivity index (χ3n) is 8.67. The van der Waals surface area contributed by atoms with Crippen LogP contribution in [0.2, 0.25) is 0 Å². The van der Waals surface area contributed by atoms with Crippen LogP contribution in [0.3, 0.4) is 0 Å². The van der Waals surface area contributed by atoms with Crippen molar-refractivity contribution < 1.29 is 38.1 Å². The third-order valence-corrected chi connectivity index (χ3v) is 10.0. The summed E-state index contributed by atoms with van der Waals surface area (Å²) < 4.78 is 30.5. The highest BCUT2D eigenvalue weighted by Crippen LogP contribution is 2.52. The minimum absolute atomic E-state index is 0.0716. The van der Waals surface area contributed by atoms with Gasteiger partial charge in [-0.1, -0.05) is 6.42 Å². The number of nitrogens with zero attached hydrogens (tertiary/aromatic N) is 1. The van der Waals surface area contributed by atoms with Crippen molar-refractivity contribution in [2.24, 2.45) is 11.8 Å². The number of methoxy groups -OCH3 is 2. The van der Waals surface area contributed by atoms with Gasteiger partial charge in [-0.05, 0) is 91.3 Å². The molecule has 0 radical (unpaired) electrons. The van der Waals surface area contributed by atoms with Crippen molar-refractivity contribution >= 4 is 47.0 Å². The highest BCUT2D eigenvalue weighted by molar-refractivity contribution is 7.73. The standard InChI is InChI=1S/C33H29NO8S2/c1-38-22-10-18(11-23(13-22)39-2)16-40-20-5-7-26-24(14-20)30(35)29(32(37)42-26)27-8-6-21(41-27)15-28-31(36)34(33(43)44-28)25-12-17-3-4-19(25)9-17/h5-8,10-11,13-15,17,19,25,36H,3-4,9,12,16H2,1-2H3. The summed E-state index contributed by atoms with van der Waals surface area (Å²) in [5.74, 6) is 1.87. The van der Waals surface area contributed by atoms with Gasteiger partial charge in [-0.15, -0.1) is 11.3 Å². The van der Waals surface area contributed by atoms with E-state index in [2.05, 4.69) is 0 Å². The summed E-state index contributed by atoms with van der Waals surface area (Å²) in [7, 11) is 3.14. The molecule has 7 rings (SSSR count). The van der Waals surface area contributed by atoms with Gasteiger partial charge in [0.25, 0.3) is 0 Å². The molecule has 44 heavy (non-hydrogen) atoms. The van der Waals surface area contributed by atoms with E-state index in [9.17, 15) is 14.7 Å². The Morgan fingerprint density at radius 3 is 2.52 bits per heavy atom. The number of Topliss-reactive ketones (excluding diaryl/α,β-unsaturated/α-hetero) is 1. The van der Waals surface area contributed by atoms with Crippen molar-refractivity contribution in [3.05, 3.63) is 79.3 Å². The van der Waals surface area contributed by atoms with Crippen LogP contribution in [-0.4, -0.2) is 35.6 Å². The van der Waals surface area contributed by atoms with Crippen molar-refractivity contribution in [1.29, 1.82) is 0 Å². The second kappa shape index (κ2) is 11.3. The Bertz CT molecular complexity index is 1960. The number of esters is 1. The molecule has 1 N–H and O–H groups in total. The van der Waals surface area contributed by atoms with Crippen LogP contribution in [0, 0.1) is 15.8 Å². The molecule has 9 nitrogen and oxygen atoms in total. The fraction of sp³-hybridized carbons (Fsp3) is 0.303. The zero-order valence-corrected chi connectivity index (χ0v) is 25.7. The van der Waals surface area contributed by atoms with E-state index >= 15 is 0 Å². The summed E-state index contributed by atoms with van der Waals surface area (Å²) >= 11 is 6.94. The Morgan fingerprint density at radius 1 is 1.02 bits per heavy atom. The van der Waals surface area contributed by atoms with E-state index in [1.165, 1.54) is 36.7 Å². The van der Waals surface area contributed by atoms with E-state index in [4.69, 9.17) is 35.6 Å². The summed E-state index contributed by atoms with van der Waals surface area (Å²) in [5, 5.41) is 11.1. The number of carbonyl (C=O) groups is 2. The van der Waals surface area contributed by atoms with Crippen LogP contribution in [0.1, 0.15) is 52.5 Å². The molecule has 226 valence electrons. The maximum Gasteiger partial charge on any atom is 0.351 e. The van der Waals surface area contributed by atoms with Crippen LogP contribution in [0.4, 0.5) is 0 Å². The third kappa shape index (κ3) is 5.09. The monoisotopic (exact) mass is 631 g/mol. The lowest BCUT2D eigenvalue weighted by atomic mass is 9.95. The molecule has 0 spiro atoms. The van der Waals surface area contributed by atoms with Crippen molar-refractivity contribution in [2.45, 2.75) is 38.3 Å². The lowest BCUT2D eigenvalue weighted by Gasteiger charge is -2.23. The van der Waals surface area contributed by atoms with Crippen molar-refractivity contribution in [3.8, 4) is 28.9 Å². The molecule has 2 bridgehead atoms. The minimum Gasteiger partial charge on any atom is -0.497 e. The molecule has 0 amide bonds.